The second-order valence-electron chi connectivity index (χ2n) is 5.72. The Morgan fingerprint density at radius 3 is 2.81 bits per heavy atom. The Kier molecular flexibility index (Phi) is 5.59. The first-order chi connectivity index (χ1) is 10.1. The van der Waals surface area contributed by atoms with Crippen molar-refractivity contribution in [2.45, 2.75) is 38.6 Å². The summed E-state index contributed by atoms with van der Waals surface area (Å²) in [5.74, 6) is -0.00837. The zero-order valence-electron chi connectivity index (χ0n) is 12.6. The highest BCUT2D eigenvalue weighted by atomic mass is 16.3. The highest BCUT2D eigenvalue weighted by Gasteiger charge is 2.24. The summed E-state index contributed by atoms with van der Waals surface area (Å²) < 4.78 is 0. The number of nitrogens with zero attached hydrogens (tertiary/aromatic N) is 1. The Bertz CT molecular complexity index is 486. The van der Waals surface area contributed by atoms with E-state index in [9.17, 15) is 4.79 Å². The van der Waals surface area contributed by atoms with Crippen molar-refractivity contribution in [2.75, 3.05) is 30.7 Å². The number of carbonyl (C=O) groups is 1. The number of rotatable bonds is 7. The number of nitrogens with one attached hydrogen (secondary N) is 1. The SMILES string of the molecule is Cc1ccc(N)cc1NC(=O)CCN(CCO)C1CCC1. The molecule has 0 aromatic heterocycles. The van der Waals surface area contributed by atoms with Gasteiger partial charge >= 0.3 is 0 Å². The third kappa shape index (κ3) is 4.44. The number of aliphatic hydroxyl groups excluding tert-OH is 1. The topological polar surface area (TPSA) is 78.6 Å². The Labute approximate surface area is 126 Å². The largest absolute Gasteiger partial charge is 0.399 e. The average molecular weight is 291 g/mol. The van der Waals surface area contributed by atoms with Crippen LogP contribution in [0.2, 0.25) is 0 Å². The molecule has 2 rings (SSSR count). The Hall–Kier alpha value is -1.59. The van der Waals surface area contributed by atoms with Gasteiger partial charge in [-0.3, -0.25) is 9.69 Å². The van der Waals surface area contributed by atoms with Crippen molar-refractivity contribution in [3.63, 3.8) is 0 Å². The fraction of sp³-hybridized carbons (Fsp3) is 0.562. The van der Waals surface area contributed by atoms with Crippen LogP contribution in [0.1, 0.15) is 31.2 Å². The van der Waals surface area contributed by atoms with Crippen LogP contribution in [-0.2, 0) is 4.79 Å². The normalized spacial score (nSPS) is 15.0. The summed E-state index contributed by atoms with van der Waals surface area (Å²) in [7, 11) is 0. The van der Waals surface area contributed by atoms with E-state index >= 15 is 0 Å². The Balaban J connectivity index is 1.84. The molecule has 0 bridgehead atoms. The molecule has 1 aromatic rings. The van der Waals surface area contributed by atoms with Gasteiger partial charge in [0.25, 0.3) is 0 Å². The molecule has 1 aliphatic carbocycles. The van der Waals surface area contributed by atoms with Gasteiger partial charge in [-0.15, -0.1) is 0 Å². The van der Waals surface area contributed by atoms with Crippen LogP contribution < -0.4 is 11.1 Å². The molecule has 0 spiro atoms. The summed E-state index contributed by atoms with van der Waals surface area (Å²) in [5.41, 5.74) is 8.17. The van der Waals surface area contributed by atoms with Gasteiger partial charge in [-0.1, -0.05) is 12.5 Å². The molecule has 5 nitrogen and oxygen atoms in total. The average Bonchev–Trinajstić information content (AvgIpc) is 2.38. The molecule has 1 aromatic carbocycles. The van der Waals surface area contributed by atoms with Crippen molar-refractivity contribution in [3.8, 4) is 0 Å². The van der Waals surface area contributed by atoms with Crippen molar-refractivity contribution in [1.29, 1.82) is 0 Å². The summed E-state index contributed by atoms with van der Waals surface area (Å²) >= 11 is 0. The van der Waals surface area contributed by atoms with Crippen LogP contribution in [0.15, 0.2) is 18.2 Å². The maximum atomic E-state index is 12.1. The zero-order valence-corrected chi connectivity index (χ0v) is 12.6. The molecular weight excluding hydrogens is 266 g/mol. The Morgan fingerprint density at radius 2 is 2.19 bits per heavy atom. The number of nitrogen functional groups attached to an aromatic ring is 1. The van der Waals surface area contributed by atoms with E-state index in [0.29, 0.717) is 31.2 Å². The molecule has 0 unspecified atom stereocenters. The van der Waals surface area contributed by atoms with Crippen LogP contribution in [0.4, 0.5) is 11.4 Å². The molecule has 0 heterocycles. The van der Waals surface area contributed by atoms with E-state index in [1.165, 1.54) is 19.3 Å². The van der Waals surface area contributed by atoms with Crippen LogP contribution in [0, 0.1) is 6.92 Å². The standard InChI is InChI=1S/C16H25N3O2/c1-12-5-6-13(17)11-15(12)18-16(21)7-8-19(9-10-20)14-3-2-4-14/h5-6,11,14,20H,2-4,7-10,17H2,1H3,(H,18,21). The van der Waals surface area contributed by atoms with E-state index in [1.54, 1.807) is 6.07 Å². The van der Waals surface area contributed by atoms with Gasteiger partial charge in [0.15, 0.2) is 0 Å². The molecule has 21 heavy (non-hydrogen) atoms. The quantitative estimate of drug-likeness (QED) is 0.669. The molecule has 1 fully saturated rings. The predicted octanol–water partition coefficient (Wildman–Crippen LogP) is 1.75. The van der Waals surface area contributed by atoms with Gasteiger partial charge in [0.2, 0.25) is 5.91 Å². The van der Waals surface area contributed by atoms with Gasteiger partial charge in [0.1, 0.15) is 0 Å². The minimum atomic E-state index is -0.00837. The second kappa shape index (κ2) is 7.43. The summed E-state index contributed by atoms with van der Waals surface area (Å²) in [6, 6.07) is 6.05. The number of carbonyl (C=O) groups excluding carboxylic acids is 1. The fourth-order valence-electron chi connectivity index (χ4n) is 2.59. The monoisotopic (exact) mass is 291 g/mol. The summed E-state index contributed by atoms with van der Waals surface area (Å²) in [4.78, 5) is 14.3. The first kappa shape index (κ1) is 15.8. The highest BCUT2D eigenvalue weighted by molar-refractivity contribution is 5.92. The maximum absolute atomic E-state index is 12.1. The van der Waals surface area contributed by atoms with E-state index in [-0.39, 0.29) is 12.5 Å². The summed E-state index contributed by atoms with van der Waals surface area (Å²) in [6.07, 6.45) is 4.04. The van der Waals surface area contributed by atoms with E-state index < -0.39 is 0 Å². The lowest BCUT2D eigenvalue weighted by Crippen LogP contribution is -2.43. The molecule has 116 valence electrons. The number of benzene rings is 1. The number of amides is 1. The first-order valence-electron chi connectivity index (χ1n) is 7.61. The predicted molar refractivity (Wildman–Crippen MR) is 85.1 cm³/mol. The van der Waals surface area contributed by atoms with Gasteiger partial charge < -0.3 is 16.2 Å². The first-order valence-corrected chi connectivity index (χ1v) is 7.61. The van der Waals surface area contributed by atoms with Crippen LogP contribution in [0.5, 0.6) is 0 Å². The zero-order chi connectivity index (χ0) is 15.2. The van der Waals surface area contributed by atoms with Gasteiger partial charge in [-0.05, 0) is 37.5 Å². The molecule has 0 radical (unpaired) electrons. The molecular formula is C16H25N3O2. The number of anilines is 2. The van der Waals surface area contributed by atoms with Crippen molar-refractivity contribution in [2.24, 2.45) is 0 Å². The summed E-state index contributed by atoms with van der Waals surface area (Å²) in [6.45, 7) is 3.43. The highest BCUT2D eigenvalue weighted by Crippen LogP contribution is 2.24. The number of hydrogen-bond donors (Lipinski definition) is 3. The summed E-state index contributed by atoms with van der Waals surface area (Å²) in [5, 5.41) is 12.0. The van der Waals surface area contributed by atoms with Gasteiger partial charge in [0.05, 0.1) is 6.61 Å². The number of aryl methyl sites for hydroxylation is 1. The van der Waals surface area contributed by atoms with E-state index in [4.69, 9.17) is 10.8 Å². The number of aliphatic hydroxyl groups is 1. The minimum Gasteiger partial charge on any atom is -0.399 e. The van der Waals surface area contributed by atoms with Gasteiger partial charge in [0, 0.05) is 36.9 Å². The second-order valence-corrected chi connectivity index (χ2v) is 5.72. The molecule has 1 saturated carbocycles. The third-order valence-corrected chi connectivity index (χ3v) is 4.14. The van der Waals surface area contributed by atoms with Crippen molar-refractivity contribution in [1.82, 2.24) is 4.90 Å². The molecule has 5 heteroatoms. The molecule has 1 amide bonds. The van der Waals surface area contributed by atoms with Gasteiger partial charge in [-0.25, -0.2) is 0 Å². The van der Waals surface area contributed by atoms with E-state index in [1.807, 2.05) is 19.1 Å². The van der Waals surface area contributed by atoms with Crippen molar-refractivity contribution < 1.29 is 9.90 Å². The van der Waals surface area contributed by atoms with Crippen molar-refractivity contribution in [3.05, 3.63) is 23.8 Å². The third-order valence-electron chi connectivity index (χ3n) is 4.14. The van der Waals surface area contributed by atoms with E-state index in [0.717, 1.165) is 11.3 Å². The molecule has 0 aliphatic heterocycles. The smallest absolute Gasteiger partial charge is 0.225 e. The van der Waals surface area contributed by atoms with Crippen LogP contribution >= 0.6 is 0 Å². The van der Waals surface area contributed by atoms with Crippen LogP contribution in [-0.4, -0.2) is 41.7 Å². The fourth-order valence-corrected chi connectivity index (χ4v) is 2.59. The molecule has 4 N–H and O–H groups in total. The van der Waals surface area contributed by atoms with Crippen molar-refractivity contribution >= 4 is 17.3 Å². The molecule has 0 atom stereocenters. The lowest BCUT2D eigenvalue weighted by Gasteiger charge is -2.37. The molecule has 0 saturated heterocycles. The minimum absolute atomic E-state index is 0.00837. The number of hydrogen-bond acceptors (Lipinski definition) is 4. The lowest BCUT2D eigenvalue weighted by atomic mass is 9.91. The van der Waals surface area contributed by atoms with Gasteiger partial charge in [-0.2, -0.15) is 0 Å². The Morgan fingerprint density at radius 1 is 1.43 bits per heavy atom. The van der Waals surface area contributed by atoms with Crippen LogP contribution in [0.25, 0.3) is 0 Å². The maximum Gasteiger partial charge on any atom is 0.225 e. The van der Waals surface area contributed by atoms with Crippen LogP contribution in [0.3, 0.4) is 0 Å². The molecule has 1 aliphatic rings. The lowest BCUT2D eigenvalue weighted by molar-refractivity contribution is -0.116. The number of nitrogens with two attached hydrogens (primary N) is 1. The van der Waals surface area contributed by atoms with E-state index in [2.05, 4.69) is 10.2 Å².